The Kier molecular flexibility index (Phi) is 9.27. The van der Waals surface area contributed by atoms with Gasteiger partial charge in [-0.3, -0.25) is 9.59 Å². The molecule has 0 aliphatic rings. The second kappa shape index (κ2) is 12.6. The van der Waals surface area contributed by atoms with E-state index in [4.69, 9.17) is 4.74 Å². The van der Waals surface area contributed by atoms with Gasteiger partial charge in [0.25, 0.3) is 5.91 Å². The first-order chi connectivity index (χ1) is 16.5. The van der Waals surface area contributed by atoms with Gasteiger partial charge in [-0.1, -0.05) is 92.7 Å². The first-order valence-electron chi connectivity index (χ1n) is 11.9. The van der Waals surface area contributed by atoms with E-state index < -0.39 is 6.04 Å². The lowest BCUT2D eigenvalue weighted by atomic mass is 10.0. The van der Waals surface area contributed by atoms with Gasteiger partial charge in [0.15, 0.2) is 6.61 Å². The van der Waals surface area contributed by atoms with Crippen LogP contribution in [0.4, 0.5) is 0 Å². The third kappa shape index (κ3) is 6.95. The summed E-state index contributed by atoms with van der Waals surface area (Å²) in [4.78, 5) is 28.4. The van der Waals surface area contributed by atoms with Crippen molar-refractivity contribution >= 4 is 11.8 Å². The molecular formula is C29H34N2O3. The fourth-order valence-corrected chi connectivity index (χ4v) is 3.94. The first-order valence-corrected chi connectivity index (χ1v) is 11.9. The number of nitrogens with zero attached hydrogens (tertiary/aromatic N) is 1. The predicted molar refractivity (Wildman–Crippen MR) is 136 cm³/mol. The fourth-order valence-electron chi connectivity index (χ4n) is 3.94. The number of ether oxygens (including phenoxy) is 1. The number of carbonyl (C=O) groups excluding carboxylic acids is 2. The number of benzene rings is 3. The van der Waals surface area contributed by atoms with Crippen molar-refractivity contribution in [2.75, 3.05) is 13.2 Å². The van der Waals surface area contributed by atoms with Crippen molar-refractivity contribution in [3.8, 4) is 5.75 Å². The van der Waals surface area contributed by atoms with E-state index in [0.717, 1.165) is 16.7 Å². The SMILES string of the molecule is CCNC(=O)C(Cc1ccccc1)N(Cc1ccccc1)C(=O)COc1ccccc1C(C)C. The number of hydrogen-bond donors (Lipinski definition) is 1. The second-order valence-corrected chi connectivity index (χ2v) is 8.59. The van der Waals surface area contributed by atoms with Gasteiger partial charge in [0.2, 0.25) is 5.91 Å². The normalized spacial score (nSPS) is 11.6. The molecule has 3 rings (SSSR count). The molecule has 0 bridgehead atoms. The van der Waals surface area contributed by atoms with Gasteiger partial charge in [-0.05, 0) is 35.6 Å². The van der Waals surface area contributed by atoms with E-state index in [1.807, 2.05) is 91.9 Å². The van der Waals surface area contributed by atoms with E-state index in [0.29, 0.717) is 25.3 Å². The van der Waals surface area contributed by atoms with Crippen molar-refractivity contribution < 1.29 is 14.3 Å². The Hall–Kier alpha value is -3.60. The Bertz CT molecular complexity index is 1050. The van der Waals surface area contributed by atoms with E-state index in [9.17, 15) is 9.59 Å². The summed E-state index contributed by atoms with van der Waals surface area (Å²) in [7, 11) is 0. The Morgan fingerprint density at radius 1 is 0.853 bits per heavy atom. The van der Waals surface area contributed by atoms with Gasteiger partial charge >= 0.3 is 0 Å². The highest BCUT2D eigenvalue weighted by atomic mass is 16.5. The summed E-state index contributed by atoms with van der Waals surface area (Å²) < 4.78 is 6.00. The molecule has 5 heteroatoms. The zero-order chi connectivity index (χ0) is 24.3. The van der Waals surface area contributed by atoms with E-state index in [1.165, 1.54) is 0 Å². The average Bonchev–Trinajstić information content (AvgIpc) is 2.86. The second-order valence-electron chi connectivity index (χ2n) is 8.59. The maximum Gasteiger partial charge on any atom is 0.261 e. The van der Waals surface area contributed by atoms with Crippen LogP contribution in [-0.4, -0.2) is 35.9 Å². The van der Waals surface area contributed by atoms with Gasteiger partial charge in [0.1, 0.15) is 11.8 Å². The van der Waals surface area contributed by atoms with Crippen LogP contribution in [0.25, 0.3) is 0 Å². The van der Waals surface area contributed by atoms with E-state index in [-0.39, 0.29) is 24.3 Å². The van der Waals surface area contributed by atoms with Gasteiger partial charge < -0.3 is 15.0 Å². The Morgan fingerprint density at radius 3 is 2.06 bits per heavy atom. The Morgan fingerprint density at radius 2 is 1.44 bits per heavy atom. The highest BCUT2D eigenvalue weighted by Gasteiger charge is 2.30. The summed E-state index contributed by atoms with van der Waals surface area (Å²) in [6.45, 7) is 6.75. The third-order valence-corrected chi connectivity index (χ3v) is 5.71. The van der Waals surface area contributed by atoms with E-state index in [1.54, 1.807) is 4.90 Å². The van der Waals surface area contributed by atoms with Crippen molar-refractivity contribution in [2.24, 2.45) is 0 Å². The van der Waals surface area contributed by atoms with E-state index >= 15 is 0 Å². The van der Waals surface area contributed by atoms with Gasteiger partial charge in [-0.25, -0.2) is 0 Å². The maximum atomic E-state index is 13.6. The number of likely N-dealkylation sites (N-methyl/N-ethyl adjacent to an activating group) is 1. The molecule has 0 heterocycles. The lowest BCUT2D eigenvalue weighted by Crippen LogP contribution is -2.51. The van der Waals surface area contributed by atoms with Crippen molar-refractivity contribution in [2.45, 2.75) is 45.7 Å². The highest BCUT2D eigenvalue weighted by Crippen LogP contribution is 2.26. The van der Waals surface area contributed by atoms with Gasteiger partial charge in [0.05, 0.1) is 0 Å². The van der Waals surface area contributed by atoms with Gasteiger partial charge in [0, 0.05) is 19.5 Å². The molecule has 1 N–H and O–H groups in total. The van der Waals surface area contributed by atoms with Crippen LogP contribution in [0, 0.1) is 0 Å². The smallest absolute Gasteiger partial charge is 0.261 e. The molecule has 0 saturated heterocycles. The number of rotatable bonds is 11. The molecule has 0 fully saturated rings. The van der Waals surface area contributed by atoms with Crippen LogP contribution in [0.15, 0.2) is 84.9 Å². The lowest BCUT2D eigenvalue weighted by Gasteiger charge is -2.31. The minimum Gasteiger partial charge on any atom is -0.483 e. The molecule has 0 aromatic heterocycles. The predicted octanol–water partition coefficient (Wildman–Crippen LogP) is 4.97. The van der Waals surface area contributed by atoms with Crippen LogP contribution in [0.3, 0.4) is 0 Å². The number of para-hydroxylation sites is 1. The van der Waals surface area contributed by atoms with Crippen LogP contribution in [0.5, 0.6) is 5.75 Å². The quantitative estimate of drug-likeness (QED) is 0.442. The molecular weight excluding hydrogens is 424 g/mol. The van der Waals surface area contributed by atoms with Crippen molar-refractivity contribution in [3.05, 3.63) is 102 Å². The fraction of sp³-hybridized carbons (Fsp3) is 0.310. The topological polar surface area (TPSA) is 58.6 Å². The van der Waals surface area contributed by atoms with Crippen LogP contribution >= 0.6 is 0 Å². The molecule has 34 heavy (non-hydrogen) atoms. The molecule has 0 spiro atoms. The summed E-state index contributed by atoms with van der Waals surface area (Å²) in [6.07, 6.45) is 0.424. The van der Waals surface area contributed by atoms with Crippen molar-refractivity contribution in [1.29, 1.82) is 0 Å². The number of amides is 2. The third-order valence-electron chi connectivity index (χ3n) is 5.71. The summed E-state index contributed by atoms with van der Waals surface area (Å²) in [5, 5.41) is 2.91. The average molecular weight is 459 g/mol. The van der Waals surface area contributed by atoms with Crippen LogP contribution < -0.4 is 10.1 Å². The molecule has 0 saturated carbocycles. The summed E-state index contributed by atoms with van der Waals surface area (Å²) in [5.74, 6) is 0.573. The lowest BCUT2D eigenvalue weighted by molar-refractivity contribution is -0.142. The molecule has 0 radical (unpaired) electrons. The maximum absolute atomic E-state index is 13.6. The molecule has 3 aromatic rings. The Balaban J connectivity index is 1.88. The largest absolute Gasteiger partial charge is 0.483 e. The molecule has 1 atom stereocenters. The molecule has 0 aliphatic heterocycles. The van der Waals surface area contributed by atoms with E-state index in [2.05, 4.69) is 19.2 Å². The zero-order valence-corrected chi connectivity index (χ0v) is 20.2. The van der Waals surface area contributed by atoms with Gasteiger partial charge in [-0.2, -0.15) is 0 Å². The summed E-state index contributed by atoms with van der Waals surface area (Å²) in [6, 6.07) is 26.6. The molecule has 5 nitrogen and oxygen atoms in total. The summed E-state index contributed by atoms with van der Waals surface area (Å²) >= 11 is 0. The monoisotopic (exact) mass is 458 g/mol. The molecule has 178 valence electrons. The van der Waals surface area contributed by atoms with Gasteiger partial charge in [-0.15, -0.1) is 0 Å². The molecule has 0 aliphatic carbocycles. The first kappa shape index (κ1) is 25.0. The standard InChI is InChI=1S/C29H34N2O3/c1-4-30-29(33)26(19-23-13-7-5-8-14-23)31(20-24-15-9-6-10-16-24)28(32)21-34-27-18-12-11-17-25(27)22(2)3/h5-18,22,26H,4,19-21H2,1-3H3,(H,30,33). The Labute approximate surface area is 202 Å². The van der Waals surface area contributed by atoms with Crippen LogP contribution in [0.2, 0.25) is 0 Å². The highest BCUT2D eigenvalue weighted by molar-refractivity contribution is 5.88. The number of nitrogens with one attached hydrogen (secondary N) is 1. The minimum atomic E-state index is -0.654. The zero-order valence-electron chi connectivity index (χ0n) is 20.2. The van der Waals surface area contributed by atoms with Crippen LogP contribution in [0.1, 0.15) is 43.4 Å². The number of hydrogen-bond acceptors (Lipinski definition) is 3. The minimum absolute atomic E-state index is 0.138. The van der Waals surface area contributed by atoms with Crippen molar-refractivity contribution in [1.82, 2.24) is 10.2 Å². The molecule has 1 unspecified atom stereocenters. The van der Waals surface area contributed by atoms with Crippen LogP contribution in [-0.2, 0) is 22.6 Å². The molecule has 2 amide bonds. The summed E-state index contributed by atoms with van der Waals surface area (Å²) in [5.41, 5.74) is 3.01. The van der Waals surface area contributed by atoms with Crippen molar-refractivity contribution in [3.63, 3.8) is 0 Å². The molecule has 3 aromatic carbocycles. The number of carbonyl (C=O) groups is 2.